The van der Waals surface area contributed by atoms with Crippen molar-refractivity contribution in [3.05, 3.63) is 42.4 Å². The summed E-state index contributed by atoms with van der Waals surface area (Å²) in [7, 11) is -2.15. The molecular formula is C12H14N2O3S2. The van der Waals surface area contributed by atoms with Crippen molar-refractivity contribution in [2.45, 2.75) is 15.5 Å². The second-order valence-electron chi connectivity index (χ2n) is 3.78. The Morgan fingerprint density at radius 1 is 1.37 bits per heavy atom. The maximum atomic E-state index is 11.9. The molecule has 1 heterocycles. The molecule has 0 fully saturated rings. The molecule has 0 unspecified atom stereocenters. The third-order valence-electron chi connectivity index (χ3n) is 2.48. The van der Waals surface area contributed by atoms with Crippen LogP contribution in [0.5, 0.6) is 0 Å². The van der Waals surface area contributed by atoms with Gasteiger partial charge < -0.3 is 10.2 Å². The number of benzene rings is 1. The highest BCUT2D eigenvalue weighted by Crippen LogP contribution is 2.30. The molecule has 0 aliphatic carbocycles. The predicted molar refractivity (Wildman–Crippen MR) is 75.4 cm³/mol. The summed E-state index contributed by atoms with van der Waals surface area (Å²) in [6.45, 7) is 0. The Balaban J connectivity index is 2.30. The molecule has 3 N–H and O–H groups in total. The van der Waals surface area contributed by atoms with Gasteiger partial charge in [-0.1, -0.05) is 0 Å². The van der Waals surface area contributed by atoms with E-state index >= 15 is 0 Å². The Morgan fingerprint density at radius 2 is 2.16 bits per heavy atom. The summed E-state index contributed by atoms with van der Waals surface area (Å²) < 4.78 is 31.4. The zero-order chi connectivity index (χ0) is 13.9. The number of nitrogens with two attached hydrogens (primary N) is 1. The first-order valence-electron chi connectivity index (χ1n) is 5.51. The zero-order valence-corrected chi connectivity index (χ0v) is 11.9. The summed E-state index contributed by atoms with van der Waals surface area (Å²) in [6, 6.07) is 8.48. The lowest BCUT2D eigenvalue weighted by atomic mass is 10.3. The maximum absolute atomic E-state index is 11.9. The van der Waals surface area contributed by atoms with Gasteiger partial charge in [0.25, 0.3) is 0 Å². The van der Waals surface area contributed by atoms with Gasteiger partial charge in [0.15, 0.2) is 0 Å². The Hall–Kier alpha value is -1.44. The normalized spacial score (nSPS) is 11.6. The third kappa shape index (κ3) is 3.31. The second-order valence-corrected chi connectivity index (χ2v) is 6.65. The minimum absolute atomic E-state index is 0.187. The predicted octanol–water partition coefficient (Wildman–Crippen LogP) is 2.06. The van der Waals surface area contributed by atoms with Crippen molar-refractivity contribution in [3.8, 4) is 0 Å². The van der Waals surface area contributed by atoms with Crippen LogP contribution in [0.2, 0.25) is 0 Å². The molecule has 0 amide bonds. The summed E-state index contributed by atoms with van der Waals surface area (Å²) in [6.07, 6.45) is 1.59. The highest BCUT2D eigenvalue weighted by molar-refractivity contribution is 7.99. The van der Waals surface area contributed by atoms with Gasteiger partial charge in [-0.05, 0) is 37.4 Å². The highest BCUT2D eigenvalue weighted by Gasteiger charge is 2.17. The quantitative estimate of drug-likeness (QED) is 0.652. The molecule has 5 nitrogen and oxygen atoms in total. The molecule has 0 aliphatic rings. The summed E-state index contributed by atoms with van der Waals surface area (Å²) >= 11 is 1.39. The van der Waals surface area contributed by atoms with Gasteiger partial charge in [-0.3, -0.25) is 0 Å². The van der Waals surface area contributed by atoms with Crippen molar-refractivity contribution in [3.63, 3.8) is 0 Å². The van der Waals surface area contributed by atoms with Gasteiger partial charge in [0, 0.05) is 10.6 Å². The first kappa shape index (κ1) is 14.0. The Labute approximate surface area is 116 Å². The van der Waals surface area contributed by atoms with E-state index in [1.165, 1.54) is 24.9 Å². The highest BCUT2D eigenvalue weighted by atomic mass is 32.2. The minimum Gasteiger partial charge on any atom is -0.468 e. The smallest absolute Gasteiger partial charge is 0.241 e. The summed E-state index contributed by atoms with van der Waals surface area (Å²) in [5.74, 6) is 1.35. The number of rotatable bonds is 5. The van der Waals surface area contributed by atoms with Crippen LogP contribution in [-0.4, -0.2) is 15.5 Å². The SMILES string of the molecule is CNS(=O)(=O)c1cc(N)ccc1SCc1ccco1. The van der Waals surface area contributed by atoms with Crippen molar-refractivity contribution >= 4 is 27.5 Å². The molecule has 2 rings (SSSR count). The van der Waals surface area contributed by atoms with Crippen LogP contribution in [0.15, 0.2) is 50.8 Å². The van der Waals surface area contributed by atoms with Gasteiger partial charge in [-0.2, -0.15) is 0 Å². The van der Waals surface area contributed by atoms with Crippen LogP contribution in [0.25, 0.3) is 0 Å². The Bertz CT molecular complexity index is 652. The number of nitrogens with one attached hydrogen (secondary N) is 1. The number of thioether (sulfide) groups is 1. The Morgan fingerprint density at radius 3 is 2.79 bits per heavy atom. The molecule has 7 heteroatoms. The monoisotopic (exact) mass is 298 g/mol. The molecule has 0 aliphatic heterocycles. The zero-order valence-electron chi connectivity index (χ0n) is 10.3. The van der Waals surface area contributed by atoms with E-state index in [0.29, 0.717) is 16.3 Å². The summed E-state index contributed by atoms with van der Waals surface area (Å²) in [5, 5.41) is 0. The molecule has 1 aromatic carbocycles. The van der Waals surface area contributed by atoms with Crippen molar-refractivity contribution < 1.29 is 12.8 Å². The van der Waals surface area contributed by atoms with Gasteiger partial charge in [-0.15, -0.1) is 11.8 Å². The molecule has 102 valence electrons. The third-order valence-corrected chi connectivity index (χ3v) is 5.16. The van der Waals surface area contributed by atoms with Crippen LogP contribution in [0.3, 0.4) is 0 Å². The Kier molecular flexibility index (Phi) is 4.18. The number of anilines is 1. The van der Waals surface area contributed by atoms with Crippen molar-refractivity contribution in [1.29, 1.82) is 0 Å². The molecule has 0 bridgehead atoms. The number of sulfonamides is 1. The van der Waals surface area contributed by atoms with Crippen LogP contribution in [0, 0.1) is 0 Å². The topological polar surface area (TPSA) is 85.3 Å². The molecule has 0 spiro atoms. The lowest BCUT2D eigenvalue weighted by Crippen LogP contribution is -2.19. The van der Waals surface area contributed by atoms with E-state index in [1.807, 2.05) is 6.07 Å². The van der Waals surface area contributed by atoms with Gasteiger partial charge in [-0.25, -0.2) is 13.1 Å². The van der Waals surface area contributed by atoms with E-state index in [1.54, 1.807) is 24.5 Å². The second kappa shape index (κ2) is 5.68. The van der Waals surface area contributed by atoms with Crippen LogP contribution in [0.4, 0.5) is 5.69 Å². The fraction of sp³-hybridized carbons (Fsp3) is 0.167. The van der Waals surface area contributed by atoms with E-state index in [0.717, 1.165) is 5.76 Å². The molecule has 1 aromatic heterocycles. The molecule has 0 atom stereocenters. The van der Waals surface area contributed by atoms with Crippen LogP contribution in [-0.2, 0) is 15.8 Å². The number of nitrogen functional groups attached to an aromatic ring is 1. The number of hydrogen-bond donors (Lipinski definition) is 2. The molecule has 2 aromatic rings. The average Bonchev–Trinajstić information content (AvgIpc) is 2.90. The van der Waals surface area contributed by atoms with Gasteiger partial charge in [0.2, 0.25) is 10.0 Å². The van der Waals surface area contributed by atoms with E-state index in [2.05, 4.69) is 4.72 Å². The van der Waals surface area contributed by atoms with E-state index in [-0.39, 0.29) is 4.90 Å². The van der Waals surface area contributed by atoms with Gasteiger partial charge in [0.1, 0.15) is 5.76 Å². The van der Waals surface area contributed by atoms with Crippen molar-refractivity contribution in [1.82, 2.24) is 4.72 Å². The summed E-state index contributed by atoms with van der Waals surface area (Å²) in [4.78, 5) is 0.825. The first-order chi connectivity index (χ1) is 9.03. The molecular weight excluding hydrogens is 284 g/mol. The number of furan rings is 1. The lowest BCUT2D eigenvalue weighted by molar-refractivity contribution is 0.530. The molecule has 0 saturated carbocycles. The van der Waals surface area contributed by atoms with Crippen LogP contribution < -0.4 is 10.5 Å². The summed E-state index contributed by atoms with van der Waals surface area (Å²) in [5.41, 5.74) is 6.06. The first-order valence-corrected chi connectivity index (χ1v) is 7.98. The standard InChI is InChI=1S/C12H14N2O3S2/c1-14-19(15,16)12-7-9(13)4-5-11(12)18-8-10-3-2-6-17-10/h2-7,14H,8,13H2,1H3. The van der Waals surface area contributed by atoms with Crippen molar-refractivity contribution in [2.24, 2.45) is 0 Å². The van der Waals surface area contributed by atoms with E-state index in [9.17, 15) is 8.42 Å². The largest absolute Gasteiger partial charge is 0.468 e. The fourth-order valence-electron chi connectivity index (χ4n) is 1.51. The maximum Gasteiger partial charge on any atom is 0.241 e. The minimum atomic E-state index is -3.52. The molecule has 19 heavy (non-hydrogen) atoms. The van der Waals surface area contributed by atoms with Crippen LogP contribution in [0.1, 0.15) is 5.76 Å². The van der Waals surface area contributed by atoms with E-state index in [4.69, 9.17) is 10.2 Å². The van der Waals surface area contributed by atoms with Crippen LogP contribution >= 0.6 is 11.8 Å². The average molecular weight is 298 g/mol. The van der Waals surface area contributed by atoms with E-state index < -0.39 is 10.0 Å². The van der Waals surface area contributed by atoms with Gasteiger partial charge >= 0.3 is 0 Å². The lowest BCUT2D eigenvalue weighted by Gasteiger charge is -2.09. The van der Waals surface area contributed by atoms with Crippen molar-refractivity contribution in [2.75, 3.05) is 12.8 Å². The van der Waals surface area contributed by atoms with Gasteiger partial charge in [0.05, 0.1) is 16.9 Å². The number of hydrogen-bond acceptors (Lipinski definition) is 5. The fourth-order valence-corrected chi connectivity index (χ4v) is 3.68. The molecule has 0 radical (unpaired) electrons. The molecule has 0 saturated heterocycles.